The number of allylic oxidation sites excluding steroid dienone is 22. The molecule has 0 nitrogen and oxygen atoms in total. The first-order valence-electron chi connectivity index (χ1n) is 15.6. The van der Waals surface area contributed by atoms with E-state index in [-0.39, 0.29) is 10.8 Å². The zero-order valence-corrected chi connectivity index (χ0v) is 28.0. The van der Waals surface area contributed by atoms with Crippen molar-refractivity contribution in [3.63, 3.8) is 0 Å². The monoisotopic (exact) mass is 590 g/mol. The second-order valence-corrected chi connectivity index (χ2v) is 13.5. The molecule has 2 aliphatic rings. The summed E-state index contributed by atoms with van der Waals surface area (Å²) in [6, 6.07) is 0. The van der Waals surface area contributed by atoms with Crippen molar-refractivity contribution in [1.29, 1.82) is 0 Å². The molecule has 0 bridgehead atoms. The van der Waals surface area contributed by atoms with Crippen LogP contribution in [0.5, 0.6) is 0 Å². The molecular formula is C40H53F3. The smallest absolute Gasteiger partial charge is 0.166 e. The van der Waals surface area contributed by atoms with Crippen LogP contribution in [0, 0.1) is 10.8 Å². The van der Waals surface area contributed by atoms with Gasteiger partial charge >= 0.3 is 6.18 Å². The Bertz CT molecular complexity index is 1320. The molecule has 0 saturated carbocycles. The standard InChI is InChI=1S/C40H53F3/c1-30(17-12-18-31(2)24-26-36-33(4)20-14-28-38(36,6)7)16-10-11-22-35(40(41,42)43)23-13-19-32(3)25-27-37-34(5)21-15-29-39(37,8)9/h10-13,16-19,22-27H,14-15,20-21,28-29H2,1-9H3/b11-10+,17-12+,23-13+,26-24+,27-25+,30-16+,31-18+,32-19+,35-22+. The van der Waals surface area contributed by atoms with E-state index in [1.165, 1.54) is 60.1 Å². The van der Waals surface area contributed by atoms with Crippen molar-refractivity contribution in [2.24, 2.45) is 10.8 Å². The van der Waals surface area contributed by atoms with E-state index in [4.69, 9.17) is 0 Å². The van der Waals surface area contributed by atoms with Gasteiger partial charge in [0.15, 0.2) is 0 Å². The molecule has 0 heterocycles. The van der Waals surface area contributed by atoms with Crippen LogP contribution in [0.1, 0.15) is 101 Å². The van der Waals surface area contributed by atoms with Gasteiger partial charge in [-0.3, -0.25) is 0 Å². The molecule has 234 valence electrons. The van der Waals surface area contributed by atoms with Crippen molar-refractivity contribution in [2.45, 2.75) is 107 Å². The van der Waals surface area contributed by atoms with E-state index in [0.29, 0.717) is 0 Å². The Morgan fingerprint density at radius 2 is 0.977 bits per heavy atom. The minimum atomic E-state index is -4.43. The van der Waals surface area contributed by atoms with Crippen molar-refractivity contribution in [2.75, 3.05) is 0 Å². The summed E-state index contributed by atoms with van der Waals surface area (Å²) in [5, 5.41) is 0. The van der Waals surface area contributed by atoms with Gasteiger partial charge in [-0.2, -0.15) is 13.2 Å². The van der Waals surface area contributed by atoms with Gasteiger partial charge in [0, 0.05) is 0 Å². The van der Waals surface area contributed by atoms with E-state index in [1.54, 1.807) is 18.2 Å². The van der Waals surface area contributed by atoms with Crippen LogP contribution in [0.3, 0.4) is 0 Å². The third-order valence-electron chi connectivity index (χ3n) is 8.54. The highest BCUT2D eigenvalue weighted by atomic mass is 19.4. The Kier molecular flexibility index (Phi) is 13.5. The lowest BCUT2D eigenvalue weighted by Gasteiger charge is -2.33. The molecule has 3 heteroatoms. The van der Waals surface area contributed by atoms with E-state index in [0.717, 1.165) is 41.7 Å². The SMILES string of the molecule is CC1=C(/C=C/C(C)=C/C=C/C(C)=C/C=C/C=C(\C=C\C=C(C)\C=C\C2=C(C)CCCC2(C)C)C(F)(F)F)C(C)(C)CCC1. The molecule has 0 aromatic heterocycles. The second-order valence-electron chi connectivity index (χ2n) is 13.5. The molecule has 0 aromatic rings. The molecule has 2 rings (SSSR count). The Hall–Kier alpha value is -3.07. The van der Waals surface area contributed by atoms with Gasteiger partial charge in [0.25, 0.3) is 0 Å². The topological polar surface area (TPSA) is 0 Å². The molecule has 0 fully saturated rings. The molecule has 0 amide bonds. The fraction of sp³-hybridized carbons (Fsp3) is 0.450. The van der Waals surface area contributed by atoms with Crippen molar-refractivity contribution < 1.29 is 13.2 Å². The van der Waals surface area contributed by atoms with Crippen LogP contribution in [0.2, 0.25) is 0 Å². The van der Waals surface area contributed by atoms with Gasteiger partial charge in [0.05, 0.1) is 5.57 Å². The molecule has 0 aromatic carbocycles. The zero-order valence-electron chi connectivity index (χ0n) is 28.0. The van der Waals surface area contributed by atoms with E-state index < -0.39 is 11.7 Å². The predicted octanol–water partition coefficient (Wildman–Crippen LogP) is 13.1. The highest BCUT2D eigenvalue weighted by Gasteiger charge is 2.31. The zero-order chi connectivity index (χ0) is 32.3. The van der Waals surface area contributed by atoms with Crippen LogP contribution in [0.15, 0.2) is 130 Å². The molecule has 0 unspecified atom stereocenters. The number of halogens is 3. The highest BCUT2D eigenvalue weighted by molar-refractivity contribution is 5.39. The number of rotatable bonds is 10. The third kappa shape index (κ3) is 12.2. The van der Waals surface area contributed by atoms with Gasteiger partial charge in [-0.1, -0.05) is 141 Å². The average molecular weight is 591 g/mol. The third-order valence-corrected chi connectivity index (χ3v) is 8.54. The minimum Gasteiger partial charge on any atom is -0.166 e. The summed E-state index contributed by atoms with van der Waals surface area (Å²) in [6.45, 7) is 19.5. The lowest BCUT2D eigenvalue weighted by molar-refractivity contribution is -0.0881. The summed E-state index contributed by atoms with van der Waals surface area (Å²) < 4.78 is 40.8. The van der Waals surface area contributed by atoms with Crippen LogP contribution >= 0.6 is 0 Å². The quantitative estimate of drug-likeness (QED) is 0.222. The molecule has 0 spiro atoms. The van der Waals surface area contributed by atoms with Crippen LogP contribution in [0.4, 0.5) is 13.2 Å². The van der Waals surface area contributed by atoms with Gasteiger partial charge in [-0.25, -0.2) is 0 Å². The van der Waals surface area contributed by atoms with E-state index >= 15 is 0 Å². The minimum absolute atomic E-state index is 0.131. The fourth-order valence-electron chi connectivity index (χ4n) is 5.88. The van der Waals surface area contributed by atoms with Crippen molar-refractivity contribution in [3.8, 4) is 0 Å². The summed E-state index contributed by atoms with van der Waals surface area (Å²) in [5.41, 5.74) is 8.31. The predicted molar refractivity (Wildman–Crippen MR) is 182 cm³/mol. The van der Waals surface area contributed by atoms with Crippen LogP contribution in [-0.4, -0.2) is 6.18 Å². The number of hydrogen-bond donors (Lipinski definition) is 0. The molecule has 2 aliphatic carbocycles. The normalized spacial score (nSPS) is 21.7. The van der Waals surface area contributed by atoms with Gasteiger partial charge in [0.2, 0.25) is 0 Å². The molecule has 0 aliphatic heterocycles. The van der Waals surface area contributed by atoms with Crippen molar-refractivity contribution in [1.82, 2.24) is 0 Å². The van der Waals surface area contributed by atoms with Crippen molar-refractivity contribution in [3.05, 3.63) is 130 Å². The Morgan fingerprint density at radius 3 is 1.42 bits per heavy atom. The number of hydrogen-bond acceptors (Lipinski definition) is 0. The summed E-state index contributed by atoms with van der Waals surface area (Å²) >= 11 is 0. The summed E-state index contributed by atoms with van der Waals surface area (Å²) in [6.07, 6.45) is 27.5. The Balaban J connectivity index is 2.04. The van der Waals surface area contributed by atoms with E-state index in [9.17, 15) is 13.2 Å². The highest BCUT2D eigenvalue weighted by Crippen LogP contribution is 2.41. The van der Waals surface area contributed by atoms with Crippen LogP contribution < -0.4 is 0 Å². The number of alkyl halides is 3. The maximum atomic E-state index is 13.6. The molecule has 0 atom stereocenters. The lowest BCUT2D eigenvalue weighted by Crippen LogP contribution is -2.19. The van der Waals surface area contributed by atoms with E-state index in [1.807, 2.05) is 32.1 Å². The molecule has 0 radical (unpaired) electrons. The summed E-state index contributed by atoms with van der Waals surface area (Å²) in [5.74, 6) is 0. The van der Waals surface area contributed by atoms with Gasteiger partial charge in [-0.15, -0.1) is 0 Å². The van der Waals surface area contributed by atoms with Gasteiger partial charge in [0.1, 0.15) is 0 Å². The summed E-state index contributed by atoms with van der Waals surface area (Å²) in [7, 11) is 0. The second kappa shape index (κ2) is 16.1. The lowest BCUT2D eigenvalue weighted by atomic mass is 9.72. The maximum Gasteiger partial charge on any atom is 0.416 e. The molecule has 0 saturated heterocycles. The van der Waals surface area contributed by atoms with Crippen molar-refractivity contribution >= 4 is 0 Å². The maximum absolute atomic E-state index is 13.6. The Morgan fingerprint density at radius 1 is 0.581 bits per heavy atom. The van der Waals surface area contributed by atoms with Gasteiger partial charge in [-0.05, 0) is 95.1 Å². The van der Waals surface area contributed by atoms with Gasteiger partial charge < -0.3 is 0 Å². The van der Waals surface area contributed by atoms with Crippen LogP contribution in [-0.2, 0) is 0 Å². The summed E-state index contributed by atoms with van der Waals surface area (Å²) in [4.78, 5) is 0. The first-order chi connectivity index (χ1) is 20.0. The Labute approximate surface area is 260 Å². The average Bonchev–Trinajstić information content (AvgIpc) is 2.88. The van der Waals surface area contributed by atoms with E-state index in [2.05, 4.69) is 72.8 Å². The first kappa shape index (κ1) is 36.1. The molecule has 0 N–H and O–H groups in total. The largest absolute Gasteiger partial charge is 0.416 e. The molecule has 43 heavy (non-hydrogen) atoms. The fourth-order valence-corrected chi connectivity index (χ4v) is 5.88. The first-order valence-corrected chi connectivity index (χ1v) is 15.6. The molecular weight excluding hydrogens is 537 g/mol. The van der Waals surface area contributed by atoms with Crippen LogP contribution in [0.25, 0.3) is 0 Å².